The first-order valence-electron chi connectivity index (χ1n) is 3.95. The Labute approximate surface area is 92.1 Å². The van der Waals surface area contributed by atoms with Crippen LogP contribution in [0.2, 0.25) is 0 Å². The molecule has 0 aromatic rings. The Bertz CT molecular complexity index is 521. The fourth-order valence-corrected chi connectivity index (χ4v) is 1.39. The zero-order chi connectivity index (χ0) is 13.0. The summed E-state index contributed by atoms with van der Waals surface area (Å²) in [5, 5.41) is 26.2. The molecule has 0 aromatic carbocycles. The zero-order valence-corrected chi connectivity index (χ0v) is 7.80. The Kier molecular flexibility index (Phi) is 1.92. The Morgan fingerprint density at radius 2 is 1.76 bits per heavy atom. The lowest BCUT2D eigenvalue weighted by Crippen LogP contribution is -2.70. The van der Waals surface area contributed by atoms with Crippen molar-refractivity contribution in [2.75, 3.05) is 0 Å². The smallest absolute Gasteiger partial charge is 0.277 e. The van der Waals surface area contributed by atoms with Gasteiger partial charge in [-0.25, -0.2) is 16.2 Å². The van der Waals surface area contributed by atoms with Gasteiger partial charge in [0.25, 0.3) is 5.71 Å². The van der Waals surface area contributed by atoms with E-state index in [1.54, 1.807) is 0 Å². The molecule has 11 heteroatoms. The first kappa shape index (κ1) is 11.0. The maximum absolute atomic E-state index is 11.4. The average molecular weight is 241 g/mol. The average Bonchev–Trinajstić information content (AvgIpc) is 2.58. The summed E-state index contributed by atoms with van der Waals surface area (Å²) in [4.78, 5) is 39.2. The molecule has 11 nitrogen and oxygen atoms in total. The zero-order valence-electron chi connectivity index (χ0n) is 7.80. The molecule has 2 aliphatic rings. The first-order chi connectivity index (χ1) is 7.87. The summed E-state index contributed by atoms with van der Waals surface area (Å²) in [5.41, 5.74) is -0.982. The number of imide groups is 1. The van der Waals surface area contributed by atoms with Gasteiger partial charge in [0.05, 0.1) is 0 Å². The molecule has 17 heavy (non-hydrogen) atoms. The highest BCUT2D eigenvalue weighted by atomic mass is 16.6. The molecule has 1 atom stereocenters. The van der Waals surface area contributed by atoms with Crippen LogP contribution in [0.4, 0.5) is 9.59 Å². The van der Waals surface area contributed by atoms with Crippen molar-refractivity contribution in [3.8, 4) is 0 Å². The largest absolute Gasteiger partial charge is 0.493 e. The minimum atomic E-state index is -2.79. The molecule has 0 bridgehead atoms. The number of hydrogen-bond donors (Lipinski definition) is 3. The van der Waals surface area contributed by atoms with Gasteiger partial charge in [0.1, 0.15) is 0 Å². The number of amides is 5. The van der Waals surface area contributed by atoms with Gasteiger partial charge in [-0.05, 0) is 0 Å². The standard InChI is InChI=1S/C6H3N5O6/c1-7-6-2(8-4(13)10(6)16)3(12)9(15)5(14)11(6)17/h15-17H. The van der Waals surface area contributed by atoms with Gasteiger partial charge < -0.3 is 0 Å². The van der Waals surface area contributed by atoms with E-state index in [9.17, 15) is 24.8 Å². The quantitative estimate of drug-likeness (QED) is 0.362. The molecule has 1 fully saturated rings. The predicted molar refractivity (Wildman–Crippen MR) is 43.4 cm³/mol. The number of rotatable bonds is 0. The van der Waals surface area contributed by atoms with Crippen LogP contribution in [0, 0.1) is 6.57 Å². The summed E-state index contributed by atoms with van der Waals surface area (Å²) in [6, 6.07) is -3.12. The Morgan fingerprint density at radius 3 is 2.29 bits per heavy atom. The van der Waals surface area contributed by atoms with Crippen molar-refractivity contribution in [1.29, 1.82) is 0 Å². The van der Waals surface area contributed by atoms with Gasteiger partial charge in [0.15, 0.2) is 0 Å². The Morgan fingerprint density at radius 1 is 1.18 bits per heavy atom. The van der Waals surface area contributed by atoms with Crippen LogP contribution < -0.4 is 0 Å². The number of fused-ring (bicyclic) bond motifs is 1. The molecule has 5 amide bonds. The van der Waals surface area contributed by atoms with Gasteiger partial charge in [-0.15, -0.1) is 5.06 Å². The van der Waals surface area contributed by atoms with Gasteiger partial charge >= 0.3 is 23.8 Å². The van der Waals surface area contributed by atoms with Crippen molar-refractivity contribution in [2.45, 2.75) is 5.79 Å². The number of aliphatic imine (C=N–C) groups is 1. The van der Waals surface area contributed by atoms with Gasteiger partial charge in [-0.1, -0.05) is 10.1 Å². The molecule has 0 aromatic heterocycles. The van der Waals surface area contributed by atoms with Crippen LogP contribution in [0.3, 0.4) is 0 Å². The first-order valence-corrected chi connectivity index (χ1v) is 3.95. The molecule has 1 unspecified atom stereocenters. The monoisotopic (exact) mass is 241 g/mol. The molecule has 0 saturated carbocycles. The Balaban J connectivity index is 2.69. The predicted octanol–water partition coefficient (Wildman–Crippen LogP) is -1.13. The third-order valence-electron chi connectivity index (χ3n) is 2.21. The second kappa shape index (κ2) is 2.98. The third-order valence-corrected chi connectivity index (χ3v) is 2.21. The van der Waals surface area contributed by atoms with Crippen LogP contribution in [0.5, 0.6) is 0 Å². The summed E-state index contributed by atoms with van der Waals surface area (Å²) in [6.45, 7) is 6.80. The lowest BCUT2D eigenvalue weighted by Gasteiger charge is -2.33. The highest BCUT2D eigenvalue weighted by Crippen LogP contribution is 2.32. The highest BCUT2D eigenvalue weighted by molar-refractivity contribution is 6.48. The third kappa shape index (κ3) is 0.979. The SMILES string of the molecule is [C-]#[N+]C12C(=NC(=O)N1O)C(=O)N(O)C(=O)N2O. The molecule has 88 valence electrons. The maximum atomic E-state index is 11.4. The lowest BCUT2D eigenvalue weighted by molar-refractivity contribution is -0.227. The summed E-state index contributed by atoms with van der Waals surface area (Å²) in [6.07, 6.45) is 0. The summed E-state index contributed by atoms with van der Waals surface area (Å²) in [7, 11) is 0. The van der Waals surface area contributed by atoms with E-state index in [-0.39, 0.29) is 5.06 Å². The topological polar surface area (TPSA) is 138 Å². The summed E-state index contributed by atoms with van der Waals surface area (Å²) in [5.74, 6) is -4.27. The molecule has 2 heterocycles. The van der Waals surface area contributed by atoms with E-state index in [0.717, 1.165) is 0 Å². The number of hydroxylamine groups is 6. The Hall–Kier alpha value is -2.55. The maximum Gasteiger partial charge on any atom is 0.493 e. The molecule has 1 saturated heterocycles. The van der Waals surface area contributed by atoms with Crippen molar-refractivity contribution in [2.24, 2.45) is 4.99 Å². The fourth-order valence-electron chi connectivity index (χ4n) is 1.39. The van der Waals surface area contributed by atoms with Crippen molar-refractivity contribution in [3.63, 3.8) is 0 Å². The summed E-state index contributed by atoms with van der Waals surface area (Å²) < 4.78 is 0. The van der Waals surface area contributed by atoms with Gasteiger partial charge in [-0.3, -0.25) is 25.3 Å². The van der Waals surface area contributed by atoms with Gasteiger partial charge in [-0.2, -0.15) is 4.99 Å². The van der Waals surface area contributed by atoms with E-state index in [1.165, 1.54) is 0 Å². The van der Waals surface area contributed by atoms with Crippen LogP contribution in [0.25, 0.3) is 4.85 Å². The van der Waals surface area contributed by atoms with Crippen LogP contribution in [0.1, 0.15) is 0 Å². The number of nitrogens with zero attached hydrogens (tertiary/aromatic N) is 5. The van der Waals surface area contributed by atoms with E-state index in [0.29, 0.717) is 0 Å². The number of urea groups is 2. The van der Waals surface area contributed by atoms with Crippen molar-refractivity contribution >= 4 is 23.7 Å². The van der Waals surface area contributed by atoms with E-state index in [1.807, 2.05) is 0 Å². The minimum absolute atomic E-state index is 0.377. The number of carbonyl (C=O) groups excluding carboxylic acids is 3. The van der Waals surface area contributed by atoms with Crippen LogP contribution in [0.15, 0.2) is 4.99 Å². The molecular weight excluding hydrogens is 238 g/mol. The fraction of sp³-hybridized carbons (Fsp3) is 0.167. The molecule has 0 radical (unpaired) electrons. The lowest BCUT2D eigenvalue weighted by atomic mass is 10.1. The molecule has 2 rings (SSSR count). The molecule has 0 aliphatic carbocycles. The number of carbonyl (C=O) groups is 3. The van der Waals surface area contributed by atoms with Crippen LogP contribution in [-0.4, -0.2) is 60.3 Å². The molecule has 3 N–H and O–H groups in total. The number of hydrogen-bond acceptors (Lipinski definition) is 6. The van der Waals surface area contributed by atoms with Crippen molar-refractivity contribution < 1.29 is 30.0 Å². The minimum Gasteiger partial charge on any atom is -0.277 e. The highest BCUT2D eigenvalue weighted by Gasteiger charge is 2.71. The second-order valence-corrected chi connectivity index (χ2v) is 3.01. The van der Waals surface area contributed by atoms with E-state index < -0.39 is 39.6 Å². The van der Waals surface area contributed by atoms with E-state index in [2.05, 4.69) is 9.84 Å². The van der Waals surface area contributed by atoms with Gasteiger partial charge in [0, 0.05) is 0 Å². The van der Waals surface area contributed by atoms with E-state index >= 15 is 0 Å². The van der Waals surface area contributed by atoms with Crippen molar-refractivity contribution in [1.82, 2.24) is 15.2 Å². The van der Waals surface area contributed by atoms with Crippen LogP contribution in [-0.2, 0) is 4.79 Å². The molecular formula is C6H3N5O6. The van der Waals surface area contributed by atoms with E-state index in [4.69, 9.17) is 11.8 Å². The molecule has 0 spiro atoms. The van der Waals surface area contributed by atoms with Crippen LogP contribution >= 0.6 is 0 Å². The van der Waals surface area contributed by atoms with Crippen molar-refractivity contribution in [3.05, 3.63) is 11.4 Å². The van der Waals surface area contributed by atoms with Gasteiger partial charge in [0.2, 0.25) is 0 Å². The molecule has 2 aliphatic heterocycles. The normalized spacial score (nSPS) is 28.2. The second-order valence-electron chi connectivity index (χ2n) is 3.01. The summed E-state index contributed by atoms with van der Waals surface area (Å²) >= 11 is 0.